The van der Waals surface area contributed by atoms with Gasteiger partial charge < -0.3 is 14.8 Å². The van der Waals surface area contributed by atoms with E-state index in [1.165, 1.54) is 12.8 Å². The van der Waals surface area contributed by atoms with Gasteiger partial charge in [0.25, 0.3) is 5.91 Å². The highest BCUT2D eigenvalue weighted by molar-refractivity contribution is 5.94. The molecule has 0 atom stereocenters. The van der Waals surface area contributed by atoms with Gasteiger partial charge in [-0.1, -0.05) is 0 Å². The smallest absolute Gasteiger partial charge is 0.270 e. The van der Waals surface area contributed by atoms with Crippen LogP contribution in [0.25, 0.3) is 0 Å². The topological polar surface area (TPSA) is 56.4 Å². The number of rotatable bonds is 3. The second-order valence-electron chi connectivity index (χ2n) is 6.34. The average molecular weight is 289 g/mol. The van der Waals surface area contributed by atoms with Gasteiger partial charge in [0, 0.05) is 38.3 Å². The van der Waals surface area contributed by atoms with E-state index in [9.17, 15) is 9.59 Å². The minimum absolute atomic E-state index is 0.0154. The first-order valence-electron chi connectivity index (χ1n) is 7.78. The lowest BCUT2D eigenvalue weighted by Crippen LogP contribution is -2.37. The monoisotopic (exact) mass is 289 g/mol. The van der Waals surface area contributed by atoms with Crippen LogP contribution in [0.15, 0.2) is 6.07 Å². The Kier molecular flexibility index (Phi) is 3.74. The van der Waals surface area contributed by atoms with Gasteiger partial charge in [0.2, 0.25) is 5.91 Å². The molecule has 2 heterocycles. The third-order valence-corrected chi connectivity index (χ3v) is 4.41. The SMILES string of the molecule is Cc1cc(C)c(C(=O)N2CCC(=O)N(CC3CC3)CC2)[nH]1. The molecule has 2 fully saturated rings. The van der Waals surface area contributed by atoms with E-state index in [0.717, 1.165) is 17.8 Å². The van der Waals surface area contributed by atoms with Crippen LogP contribution in [0.1, 0.15) is 41.0 Å². The fraction of sp³-hybridized carbons (Fsp3) is 0.625. The fourth-order valence-electron chi connectivity index (χ4n) is 2.98. The lowest BCUT2D eigenvalue weighted by Gasteiger charge is -2.22. The summed E-state index contributed by atoms with van der Waals surface area (Å²) in [5.41, 5.74) is 2.63. The molecule has 1 aliphatic carbocycles. The maximum atomic E-state index is 12.6. The summed E-state index contributed by atoms with van der Waals surface area (Å²) in [4.78, 5) is 31.6. The van der Waals surface area contributed by atoms with Crippen molar-refractivity contribution in [2.24, 2.45) is 5.92 Å². The number of carbonyl (C=O) groups excluding carboxylic acids is 2. The van der Waals surface area contributed by atoms with E-state index in [2.05, 4.69) is 4.98 Å². The van der Waals surface area contributed by atoms with Crippen molar-refractivity contribution in [3.8, 4) is 0 Å². The molecule has 0 aromatic carbocycles. The molecule has 0 bridgehead atoms. The summed E-state index contributed by atoms with van der Waals surface area (Å²) in [7, 11) is 0. The summed E-state index contributed by atoms with van der Waals surface area (Å²) in [6.45, 7) is 6.60. The van der Waals surface area contributed by atoms with E-state index in [0.29, 0.717) is 37.7 Å². The number of amides is 2. The Hall–Kier alpha value is -1.78. The third-order valence-electron chi connectivity index (χ3n) is 4.41. The van der Waals surface area contributed by atoms with Crippen LogP contribution in [0.4, 0.5) is 0 Å². The lowest BCUT2D eigenvalue weighted by atomic mass is 10.2. The van der Waals surface area contributed by atoms with Crippen LogP contribution in [0.3, 0.4) is 0 Å². The average Bonchev–Trinajstić information content (AvgIpc) is 3.21. The van der Waals surface area contributed by atoms with Crippen molar-refractivity contribution >= 4 is 11.8 Å². The zero-order valence-corrected chi connectivity index (χ0v) is 12.8. The Morgan fingerprint density at radius 1 is 1.29 bits per heavy atom. The number of hydrogen-bond acceptors (Lipinski definition) is 2. The van der Waals surface area contributed by atoms with Crippen LogP contribution < -0.4 is 0 Å². The second kappa shape index (κ2) is 5.54. The molecule has 114 valence electrons. The van der Waals surface area contributed by atoms with Gasteiger partial charge >= 0.3 is 0 Å². The van der Waals surface area contributed by atoms with Gasteiger partial charge in [-0.25, -0.2) is 0 Å². The summed E-state index contributed by atoms with van der Waals surface area (Å²) in [5.74, 6) is 0.905. The first-order chi connectivity index (χ1) is 10.0. The highest BCUT2D eigenvalue weighted by atomic mass is 16.2. The largest absolute Gasteiger partial charge is 0.354 e. The lowest BCUT2D eigenvalue weighted by molar-refractivity contribution is -0.130. The van der Waals surface area contributed by atoms with Crippen LogP contribution in [-0.4, -0.2) is 52.8 Å². The molecular weight excluding hydrogens is 266 g/mol. The molecule has 21 heavy (non-hydrogen) atoms. The molecule has 1 aromatic heterocycles. The molecule has 0 unspecified atom stereocenters. The number of H-pyrrole nitrogens is 1. The first kappa shape index (κ1) is 14.2. The third kappa shape index (κ3) is 3.12. The molecule has 1 saturated carbocycles. The van der Waals surface area contributed by atoms with Crippen LogP contribution in [-0.2, 0) is 4.79 Å². The molecule has 5 heteroatoms. The maximum absolute atomic E-state index is 12.6. The van der Waals surface area contributed by atoms with Crippen molar-refractivity contribution < 1.29 is 9.59 Å². The van der Waals surface area contributed by atoms with Gasteiger partial charge in [0.05, 0.1) is 0 Å². The zero-order valence-electron chi connectivity index (χ0n) is 12.8. The Labute approximate surface area is 125 Å². The number of aromatic nitrogens is 1. The number of aryl methyl sites for hydroxylation is 2. The van der Waals surface area contributed by atoms with Crippen molar-refractivity contribution in [2.75, 3.05) is 26.2 Å². The Balaban J connectivity index is 1.67. The number of hydrogen-bond donors (Lipinski definition) is 1. The number of carbonyl (C=O) groups is 2. The second-order valence-corrected chi connectivity index (χ2v) is 6.34. The zero-order chi connectivity index (χ0) is 15.0. The summed E-state index contributed by atoms with van der Waals surface area (Å²) >= 11 is 0. The summed E-state index contributed by atoms with van der Waals surface area (Å²) in [5, 5.41) is 0. The molecular formula is C16H23N3O2. The molecule has 2 aliphatic rings. The molecule has 5 nitrogen and oxygen atoms in total. The Morgan fingerprint density at radius 2 is 2.05 bits per heavy atom. The number of nitrogens with one attached hydrogen (secondary N) is 1. The molecule has 1 aromatic rings. The van der Waals surface area contributed by atoms with Gasteiger partial charge in [-0.2, -0.15) is 0 Å². The maximum Gasteiger partial charge on any atom is 0.270 e. The summed E-state index contributed by atoms with van der Waals surface area (Å²) in [6, 6.07) is 1.98. The molecule has 3 rings (SSSR count). The Bertz CT molecular complexity index is 560. The highest BCUT2D eigenvalue weighted by Gasteiger charge is 2.30. The van der Waals surface area contributed by atoms with Gasteiger partial charge in [-0.05, 0) is 44.2 Å². The summed E-state index contributed by atoms with van der Waals surface area (Å²) < 4.78 is 0. The van der Waals surface area contributed by atoms with Gasteiger partial charge in [0.15, 0.2) is 0 Å². The number of nitrogens with zero attached hydrogens (tertiary/aromatic N) is 2. The summed E-state index contributed by atoms with van der Waals surface area (Å²) in [6.07, 6.45) is 2.93. The van der Waals surface area contributed by atoms with Crippen molar-refractivity contribution in [2.45, 2.75) is 33.1 Å². The predicted octanol–water partition coefficient (Wildman–Crippen LogP) is 1.72. The van der Waals surface area contributed by atoms with Crippen molar-refractivity contribution in [1.82, 2.24) is 14.8 Å². The van der Waals surface area contributed by atoms with Gasteiger partial charge in [0.1, 0.15) is 5.69 Å². The molecule has 0 spiro atoms. The van der Waals surface area contributed by atoms with Crippen LogP contribution in [0.2, 0.25) is 0 Å². The van der Waals surface area contributed by atoms with Crippen LogP contribution >= 0.6 is 0 Å². The van der Waals surface area contributed by atoms with E-state index in [1.54, 1.807) is 0 Å². The van der Waals surface area contributed by atoms with Crippen molar-refractivity contribution in [3.63, 3.8) is 0 Å². The van der Waals surface area contributed by atoms with Crippen LogP contribution in [0, 0.1) is 19.8 Å². The van der Waals surface area contributed by atoms with Crippen molar-refractivity contribution in [1.29, 1.82) is 0 Å². The van der Waals surface area contributed by atoms with E-state index in [-0.39, 0.29) is 11.8 Å². The van der Waals surface area contributed by atoms with Crippen LogP contribution in [0.5, 0.6) is 0 Å². The minimum Gasteiger partial charge on any atom is -0.354 e. The van der Waals surface area contributed by atoms with Gasteiger partial charge in [-0.15, -0.1) is 0 Å². The van der Waals surface area contributed by atoms with Gasteiger partial charge in [-0.3, -0.25) is 9.59 Å². The van der Waals surface area contributed by atoms with E-state index >= 15 is 0 Å². The normalized spacial score (nSPS) is 19.8. The minimum atomic E-state index is 0.0154. The first-order valence-corrected chi connectivity index (χ1v) is 7.78. The fourth-order valence-corrected chi connectivity index (χ4v) is 2.98. The molecule has 0 radical (unpaired) electrons. The quantitative estimate of drug-likeness (QED) is 0.921. The molecule has 1 saturated heterocycles. The number of aromatic amines is 1. The van der Waals surface area contributed by atoms with E-state index in [1.807, 2.05) is 29.7 Å². The molecule has 1 N–H and O–H groups in total. The van der Waals surface area contributed by atoms with Crippen molar-refractivity contribution in [3.05, 3.63) is 23.0 Å². The molecule has 2 amide bonds. The molecule has 1 aliphatic heterocycles. The standard InChI is InChI=1S/C16H23N3O2/c1-11-9-12(2)17-15(11)16(21)18-6-5-14(20)19(8-7-18)10-13-3-4-13/h9,13,17H,3-8,10H2,1-2H3. The van der Waals surface area contributed by atoms with E-state index < -0.39 is 0 Å². The highest BCUT2D eigenvalue weighted by Crippen LogP contribution is 2.30. The Morgan fingerprint density at radius 3 is 2.67 bits per heavy atom. The van der Waals surface area contributed by atoms with E-state index in [4.69, 9.17) is 0 Å². The predicted molar refractivity (Wildman–Crippen MR) is 80.1 cm³/mol.